The van der Waals surface area contributed by atoms with Crippen LogP contribution in [-0.4, -0.2) is 23.5 Å². The van der Waals surface area contributed by atoms with Crippen LogP contribution < -0.4 is 15.4 Å². The second-order valence-corrected chi connectivity index (χ2v) is 8.33. The summed E-state index contributed by atoms with van der Waals surface area (Å²) in [4.78, 5) is 7.84. The van der Waals surface area contributed by atoms with Crippen molar-refractivity contribution in [2.24, 2.45) is 0 Å². The van der Waals surface area contributed by atoms with Crippen molar-refractivity contribution in [1.82, 2.24) is 9.97 Å². The normalized spacial score (nSPS) is 11.0. The molecule has 29 heavy (non-hydrogen) atoms. The molecule has 0 spiro atoms. The summed E-state index contributed by atoms with van der Waals surface area (Å²) in [6.07, 6.45) is 3.81. The van der Waals surface area contributed by atoms with Crippen molar-refractivity contribution in [2.75, 3.05) is 15.4 Å². The Morgan fingerprint density at radius 2 is 1.69 bits per heavy atom. The maximum atomic E-state index is 12.4. The van der Waals surface area contributed by atoms with E-state index in [9.17, 15) is 8.42 Å². The van der Waals surface area contributed by atoms with Gasteiger partial charge in [0.25, 0.3) is 10.0 Å². The number of rotatable bonds is 6. The van der Waals surface area contributed by atoms with Gasteiger partial charge in [0.15, 0.2) is 5.11 Å². The summed E-state index contributed by atoms with van der Waals surface area (Å²) >= 11 is 5.41. The number of aryl methyl sites for hydroxylation is 2. The van der Waals surface area contributed by atoms with Crippen molar-refractivity contribution in [1.29, 1.82) is 0 Å². The summed E-state index contributed by atoms with van der Waals surface area (Å²) in [7, 11) is -3.77. The summed E-state index contributed by atoms with van der Waals surface area (Å²) in [5.74, 6) is 0.0186. The summed E-state index contributed by atoms with van der Waals surface area (Å²) in [6.45, 7) is 4.11. The smallest absolute Gasteiger partial charge is 0.264 e. The van der Waals surface area contributed by atoms with Crippen LogP contribution >= 0.6 is 12.2 Å². The lowest BCUT2D eigenvalue weighted by atomic mass is 10.1. The lowest BCUT2D eigenvalue weighted by Gasteiger charge is -2.16. The highest BCUT2D eigenvalue weighted by atomic mass is 32.2. The lowest BCUT2D eigenvalue weighted by Crippen LogP contribution is -2.20. The van der Waals surface area contributed by atoms with Crippen LogP contribution in [0.15, 0.2) is 65.8 Å². The fraction of sp³-hybridized carbons (Fsp3) is 0.150. The summed E-state index contributed by atoms with van der Waals surface area (Å²) in [6, 6.07) is 14.0. The molecule has 0 aliphatic rings. The average molecular weight is 428 g/mol. The molecule has 3 rings (SSSR count). The number of nitrogens with zero attached hydrogens (tertiary/aromatic N) is 2. The van der Waals surface area contributed by atoms with Gasteiger partial charge in [0.05, 0.1) is 4.90 Å². The number of thiocarbonyl (C=S) groups is 1. The molecular weight excluding hydrogens is 406 g/mol. The van der Waals surface area contributed by atoms with Crippen LogP contribution in [-0.2, 0) is 16.4 Å². The molecule has 0 aliphatic heterocycles. The zero-order valence-corrected chi connectivity index (χ0v) is 17.6. The molecule has 9 heteroatoms. The maximum Gasteiger partial charge on any atom is 0.264 e. The first-order valence-electron chi connectivity index (χ1n) is 8.95. The van der Waals surface area contributed by atoms with E-state index < -0.39 is 10.0 Å². The van der Waals surface area contributed by atoms with E-state index in [0.29, 0.717) is 10.8 Å². The highest BCUT2D eigenvalue weighted by Gasteiger charge is 2.15. The fourth-order valence-electron chi connectivity index (χ4n) is 2.73. The second-order valence-electron chi connectivity index (χ2n) is 6.24. The first-order valence-corrected chi connectivity index (χ1v) is 10.8. The Bertz CT molecular complexity index is 1100. The van der Waals surface area contributed by atoms with E-state index in [-0.39, 0.29) is 10.8 Å². The van der Waals surface area contributed by atoms with Crippen LogP contribution in [0, 0.1) is 6.92 Å². The molecule has 0 amide bonds. The van der Waals surface area contributed by atoms with E-state index in [2.05, 4.69) is 38.3 Å². The fourth-order valence-corrected chi connectivity index (χ4v) is 3.90. The minimum absolute atomic E-state index is 0.0186. The number of anilines is 3. The van der Waals surface area contributed by atoms with Crippen molar-refractivity contribution in [3.63, 3.8) is 0 Å². The third kappa shape index (κ3) is 5.27. The molecule has 0 saturated carbocycles. The Labute approximate surface area is 175 Å². The van der Waals surface area contributed by atoms with Crippen molar-refractivity contribution < 1.29 is 8.42 Å². The van der Waals surface area contributed by atoms with Gasteiger partial charge in [0.1, 0.15) is 0 Å². The van der Waals surface area contributed by atoms with Crippen LogP contribution in [0.1, 0.15) is 18.1 Å². The lowest BCUT2D eigenvalue weighted by molar-refractivity contribution is 0.601. The van der Waals surface area contributed by atoms with Crippen molar-refractivity contribution >= 4 is 44.7 Å². The van der Waals surface area contributed by atoms with Gasteiger partial charge in [-0.15, -0.1) is 0 Å². The third-order valence-electron chi connectivity index (χ3n) is 4.19. The Hall–Kier alpha value is -3.04. The number of nitrogens with one attached hydrogen (secondary N) is 3. The number of aromatic nitrogens is 2. The SMILES string of the molecule is CCc1cccc(C)c1NC(=S)Nc1ccc(S(=O)(=O)Nc2ncccn2)cc1. The molecule has 1 aromatic heterocycles. The molecule has 0 bridgehead atoms. The molecule has 0 aliphatic carbocycles. The molecule has 150 valence electrons. The Morgan fingerprint density at radius 1 is 1.00 bits per heavy atom. The van der Waals surface area contributed by atoms with Gasteiger partial charge in [-0.05, 0) is 67.0 Å². The summed E-state index contributed by atoms with van der Waals surface area (Å²) < 4.78 is 27.2. The van der Waals surface area contributed by atoms with E-state index in [1.165, 1.54) is 30.1 Å². The molecule has 0 unspecified atom stereocenters. The number of hydrogen-bond donors (Lipinski definition) is 3. The molecule has 3 aromatic rings. The van der Waals surface area contributed by atoms with Crippen LogP contribution in [0.25, 0.3) is 0 Å². The highest BCUT2D eigenvalue weighted by molar-refractivity contribution is 7.92. The number of para-hydroxylation sites is 1. The van der Waals surface area contributed by atoms with Gasteiger partial charge in [-0.1, -0.05) is 25.1 Å². The van der Waals surface area contributed by atoms with Gasteiger partial charge in [-0.3, -0.25) is 0 Å². The predicted molar refractivity (Wildman–Crippen MR) is 120 cm³/mol. The van der Waals surface area contributed by atoms with Crippen LogP contribution in [0.5, 0.6) is 0 Å². The van der Waals surface area contributed by atoms with Crippen molar-refractivity contribution in [3.8, 4) is 0 Å². The molecule has 0 radical (unpaired) electrons. The topological polar surface area (TPSA) is 96.0 Å². The largest absolute Gasteiger partial charge is 0.332 e. The molecule has 7 nitrogen and oxygen atoms in total. The van der Waals surface area contributed by atoms with E-state index in [1.54, 1.807) is 18.2 Å². The van der Waals surface area contributed by atoms with E-state index in [1.807, 2.05) is 19.1 Å². The summed E-state index contributed by atoms with van der Waals surface area (Å²) in [5.41, 5.74) is 3.93. The maximum absolute atomic E-state index is 12.4. The zero-order valence-electron chi connectivity index (χ0n) is 16.0. The number of sulfonamides is 1. The van der Waals surface area contributed by atoms with Crippen LogP contribution in [0.2, 0.25) is 0 Å². The minimum atomic E-state index is -3.77. The highest BCUT2D eigenvalue weighted by Crippen LogP contribution is 2.22. The van der Waals surface area contributed by atoms with Gasteiger partial charge >= 0.3 is 0 Å². The first kappa shape index (κ1) is 20.7. The molecule has 2 aromatic carbocycles. The third-order valence-corrected chi connectivity index (χ3v) is 5.74. The average Bonchev–Trinajstić information content (AvgIpc) is 2.70. The molecule has 0 saturated heterocycles. The van der Waals surface area contributed by atoms with E-state index in [4.69, 9.17) is 12.2 Å². The first-order chi connectivity index (χ1) is 13.9. The molecule has 3 N–H and O–H groups in total. The van der Waals surface area contributed by atoms with E-state index >= 15 is 0 Å². The molecule has 0 atom stereocenters. The Balaban J connectivity index is 1.68. The van der Waals surface area contributed by atoms with E-state index in [0.717, 1.165) is 17.7 Å². The Kier molecular flexibility index (Phi) is 6.40. The van der Waals surface area contributed by atoms with Gasteiger partial charge < -0.3 is 10.6 Å². The van der Waals surface area contributed by atoms with Crippen molar-refractivity contribution in [2.45, 2.75) is 25.2 Å². The van der Waals surface area contributed by atoms with Gasteiger partial charge in [0.2, 0.25) is 5.95 Å². The summed E-state index contributed by atoms with van der Waals surface area (Å²) in [5, 5.41) is 6.74. The molecule has 0 fully saturated rings. The molecule has 1 heterocycles. The van der Waals surface area contributed by atoms with Gasteiger partial charge in [0, 0.05) is 23.8 Å². The van der Waals surface area contributed by atoms with Gasteiger partial charge in [-0.25, -0.2) is 23.1 Å². The van der Waals surface area contributed by atoms with Crippen molar-refractivity contribution in [3.05, 3.63) is 72.1 Å². The minimum Gasteiger partial charge on any atom is -0.332 e. The van der Waals surface area contributed by atoms with Crippen LogP contribution in [0.3, 0.4) is 0 Å². The number of benzene rings is 2. The zero-order chi connectivity index (χ0) is 20.9. The monoisotopic (exact) mass is 427 g/mol. The quantitative estimate of drug-likeness (QED) is 0.513. The Morgan fingerprint density at radius 3 is 2.34 bits per heavy atom. The predicted octanol–water partition coefficient (Wildman–Crippen LogP) is 3.96. The number of hydrogen-bond acceptors (Lipinski definition) is 5. The van der Waals surface area contributed by atoms with Crippen LogP contribution in [0.4, 0.5) is 17.3 Å². The second kappa shape index (κ2) is 8.97. The van der Waals surface area contributed by atoms with Gasteiger partial charge in [-0.2, -0.15) is 0 Å². The standard InChI is InChI=1S/C20H21N5O2S2/c1-3-15-7-4-6-14(2)18(15)24-20(28)23-16-8-10-17(11-9-16)29(26,27)25-19-21-12-5-13-22-19/h4-13H,3H2,1-2H3,(H,21,22,25)(H2,23,24,28). The molecular formula is C20H21N5O2S2.